The van der Waals surface area contributed by atoms with Gasteiger partial charge in [-0.05, 0) is 38.8 Å². The maximum atomic E-state index is 12.1. The van der Waals surface area contributed by atoms with Crippen molar-refractivity contribution in [1.29, 1.82) is 0 Å². The van der Waals surface area contributed by atoms with E-state index in [0.717, 1.165) is 22.4 Å². The Bertz CT molecular complexity index is 933. The summed E-state index contributed by atoms with van der Waals surface area (Å²) in [6.45, 7) is 5.62. The van der Waals surface area contributed by atoms with Crippen molar-refractivity contribution >= 4 is 17.5 Å². The molecule has 0 unspecified atom stereocenters. The predicted octanol–water partition coefficient (Wildman–Crippen LogP) is 5.53. The molecular formula is C25H26N2O2. The van der Waals surface area contributed by atoms with E-state index in [1.54, 1.807) is 6.20 Å². The second kappa shape index (κ2) is 9.28. The second-order valence-electron chi connectivity index (χ2n) is 7.77. The number of aryl methyl sites for hydroxylation is 1. The molecule has 0 N–H and O–H groups in total. The van der Waals surface area contributed by atoms with Gasteiger partial charge in [0.25, 0.3) is 0 Å². The molecule has 0 amide bonds. The first kappa shape index (κ1) is 20.5. The third kappa shape index (κ3) is 6.11. The van der Waals surface area contributed by atoms with Crippen molar-refractivity contribution in [2.45, 2.75) is 39.2 Å². The van der Waals surface area contributed by atoms with Crippen molar-refractivity contribution < 1.29 is 9.53 Å². The van der Waals surface area contributed by atoms with Crippen LogP contribution >= 0.6 is 0 Å². The number of ether oxygens (including phenoxy) is 1. The maximum absolute atomic E-state index is 12.1. The molecule has 0 spiro atoms. The first-order chi connectivity index (χ1) is 13.9. The lowest BCUT2D eigenvalue weighted by molar-refractivity contribution is -0.154. The summed E-state index contributed by atoms with van der Waals surface area (Å²) >= 11 is 0. The molecule has 3 aromatic rings. The number of rotatable bonds is 6. The summed E-state index contributed by atoms with van der Waals surface area (Å²) < 4.78 is 5.42. The van der Waals surface area contributed by atoms with E-state index >= 15 is 0 Å². The van der Waals surface area contributed by atoms with Crippen molar-refractivity contribution in [1.82, 2.24) is 4.98 Å². The van der Waals surface area contributed by atoms with Crippen LogP contribution in [0.5, 0.6) is 0 Å². The van der Waals surface area contributed by atoms with Crippen LogP contribution in [0.15, 0.2) is 84.0 Å². The molecule has 1 heterocycles. The van der Waals surface area contributed by atoms with E-state index in [2.05, 4.69) is 4.98 Å². The largest absolute Gasteiger partial charge is 0.460 e. The van der Waals surface area contributed by atoms with E-state index in [1.165, 1.54) is 0 Å². The number of carbonyl (C=O) groups excluding carboxylic acids is 1. The quantitative estimate of drug-likeness (QED) is 0.414. The number of carbonyl (C=O) groups is 1. The van der Waals surface area contributed by atoms with Gasteiger partial charge in [0.05, 0.1) is 5.71 Å². The highest BCUT2D eigenvalue weighted by Crippen LogP contribution is 2.22. The lowest BCUT2D eigenvalue weighted by Crippen LogP contribution is -2.24. The Labute approximate surface area is 172 Å². The Morgan fingerprint density at radius 3 is 2.03 bits per heavy atom. The minimum absolute atomic E-state index is 0.220. The van der Waals surface area contributed by atoms with Gasteiger partial charge < -0.3 is 4.74 Å². The van der Waals surface area contributed by atoms with Crippen LogP contribution in [0.2, 0.25) is 0 Å². The topological polar surface area (TPSA) is 51.5 Å². The highest BCUT2D eigenvalue weighted by Gasteiger charge is 2.17. The van der Waals surface area contributed by atoms with Crippen LogP contribution in [0.4, 0.5) is 5.82 Å². The molecule has 0 fully saturated rings. The van der Waals surface area contributed by atoms with Gasteiger partial charge in [0, 0.05) is 23.7 Å². The Hall–Kier alpha value is -3.27. The van der Waals surface area contributed by atoms with Crippen molar-refractivity contribution in [3.8, 4) is 0 Å². The number of nitrogens with zero attached hydrogens (tertiary/aromatic N) is 2. The Kier molecular flexibility index (Phi) is 6.55. The number of esters is 1. The van der Waals surface area contributed by atoms with Gasteiger partial charge in [-0.25, -0.2) is 9.98 Å². The van der Waals surface area contributed by atoms with Crippen molar-refractivity contribution in [2.75, 3.05) is 0 Å². The second-order valence-corrected chi connectivity index (χ2v) is 7.77. The van der Waals surface area contributed by atoms with Crippen LogP contribution in [-0.4, -0.2) is 22.3 Å². The molecule has 148 valence electrons. The lowest BCUT2D eigenvalue weighted by Gasteiger charge is -2.19. The fourth-order valence-electron chi connectivity index (χ4n) is 2.95. The third-order valence-corrected chi connectivity index (χ3v) is 4.20. The monoisotopic (exact) mass is 386 g/mol. The zero-order chi connectivity index (χ0) is 20.7. The van der Waals surface area contributed by atoms with Gasteiger partial charge in [0.1, 0.15) is 5.60 Å². The van der Waals surface area contributed by atoms with Crippen molar-refractivity contribution in [3.63, 3.8) is 0 Å². The molecule has 0 radical (unpaired) electrons. The fraction of sp³-hybridized carbons (Fsp3) is 0.240. The highest BCUT2D eigenvalue weighted by molar-refractivity contribution is 6.13. The summed E-state index contributed by atoms with van der Waals surface area (Å²) in [6, 6.07) is 23.9. The third-order valence-electron chi connectivity index (χ3n) is 4.20. The standard InChI is InChI=1S/C25H26N2O2/c1-25(2,3)29-22(28)17-16-21-15-10-18-26-24(21)27-23(19-11-6-4-7-12-19)20-13-8-5-9-14-20/h4-15,18H,16-17H2,1-3H3. The summed E-state index contributed by atoms with van der Waals surface area (Å²) in [5, 5.41) is 0. The molecular weight excluding hydrogens is 360 g/mol. The van der Waals surface area contributed by atoms with Crippen molar-refractivity contribution in [2.24, 2.45) is 4.99 Å². The Balaban J connectivity index is 1.92. The van der Waals surface area contributed by atoms with Gasteiger partial charge in [-0.1, -0.05) is 66.7 Å². The zero-order valence-electron chi connectivity index (χ0n) is 17.1. The summed E-state index contributed by atoms with van der Waals surface area (Å²) in [6.07, 6.45) is 2.54. The van der Waals surface area contributed by atoms with Crippen molar-refractivity contribution in [3.05, 3.63) is 95.7 Å². The molecule has 0 saturated carbocycles. The molecule has 3 rings (SSSR count). The molecule has 0 aliphatic carbocycles. The van der Waals surface area contributed by atoms with Crippen LogP contribution in [0.3, 0.4) is 0 Å². The molecule has 1 aromatic heterocycles. The van der Waals surface area contributed by atoms with Crippen LogP contribution in [0, 0.1) is 0 Å². The first-order valence-corrected chi connectivity index (χ1v) is 9.78. The van der Waals surface area contributed by atoms with E-state index in [0.29, 0.717) is 12.2 Å². The van der Waals surface area contributed by atoms with Gasteiger partial charge in [-0.15, -0.1) is 0 Å². The van der Waals surface area contributed by atoms with Crippen LogP contribution in [-0.2, 0) is 16.0 Å². The average Bonchev–Trinajstić information content (AvgIpc) is 2.71. The molecule has 4 nitrogen and oxygen atoms in total. The van der Waals surface area contributed by atoms with Gasteiger partial charge in [0.2, 0.25) is 0 Å². The van der Waals surface area contributed by atoms with E-state index in [9.17, 15) is 4.79 Å². The molecule has 2 aromatic carbocycles. The minimum Gasteiger partial charge on any atom is -0.460 e. The molecule has 0 atom stereocenters. The molecule has 0 aliphatic rings. The maximum Gasteiger partial charge on any atom is 0.306 e. The Morgan fingerprint density at radius 1 is 0.897 bits per heavy atom. The number of benzene rings is 2. The van der Waals surface area contributed by atoms with Crippen LogP contribution in [0.1, 0.15) is 43.9 Å². The van der Waals surface area contributed by atoms with Gasteiger partial charge >= 0.3 is 5.97 Å². The van der Waals surface area contributed by atoms with Crippen LogP contribution < -0.4 is 0 Å². The number of aliphatic imine (C=N–C) groups is 1. The van der Waals surface area contributed by atoms with Crippen LogP contribution in [0.25, 0.3) is 0 Å². The van der Waals surface area contributed by atoms with E-state index in [4.69, 9.17) is 9.73 Å². The first-order valence-electron chi connectivity index (χ1n) is 9.78. The number of aromatic nitrogens is 1. The smallest absolute Gasteiger partial charge is 0.306 e. The average molecular weight is 386 g/mol. The zero-order valence-corrected chi connectivity index (χ0v) is 17.1. The number of hydrogen-bond donors (Lipinski definition) is 0. The lowest BCUT2D eigenvalue weighted by atomic mass is 10.0. The Morgan fingerprint density at radius 2 is 1.48 bits per heavy atom. The normalized spacial score (nSPS) is 11.0. The van der Waals surface area contributed by atoms with Gasteiger partial charge in [-0.3, -0.25) is 4.79 Å². The highest BCUT2D eigenvalue weighted by atomic mass is 16.6. The van der Waals surface area contributed by atoms with E-state index < -0.39 is 5.60 Å². The predicted molar refractivity (Wildman–Crippen MR) is 117 cm³/mol. The van der Waals surface area contributed by atoms with E-state index in [-0.39, 0.29) is 12.4 Å². The summed E-state index contributed by atoms with van der Waals surface area (Å²) in [4.78, 5) is 21.5. The molecule has 4 heteroatoms. The number of pyridine rings is 1. The summed E-state index contributed by atoms with van der Waals surface area (Å²) in [5.41, 5.74) is 3.32. The van der Waals surface area contributed by atoms with E-state index in [1.807, 2.05) is 93.6 Å². The van der Waals surface area contributed by atoms with Gasteiger partial charge in [0.15, 0.2) is 5.82 Å². The summed E-state index contributed by atoms with van der Waals surface area (Å²) in [7, 11) is 0. The minimum atomic E-state index is -0.485. The van der Waals surface area contributed by atoms with Gasteiger partial charge in [-0.2, -0.15) is 0 Å². The molecule has 0 bridgehead atoms. The number of hydrogen-bond acceptors (Lipinski definition) is 4. The SMILES string of the molecule is CC(C)(C)OC(=O)CCc1cccnc1N=C(c1ccccc1)c1ccccc1. The molecule has 0 saturated heterocycles. The molecule has 0 aliphatic heterocycles. The summed E-state index contributed by atoms with van der Waals surface area (Å²) in [5.74, 6) is 0.404. The fourth-order valence-corrected chi connectivity index (χ4v) is 2.95. The molecule has 29 heavy (non-hydrogen) atoms.